The summed E-state index contributed by atoms with van der Waals surface area (Å²) >= 11 is 0. The normalized spacial score (nSPS) is 22.0. The van der Waals surface area contributed by atoms with Gasteiger partial charge >= 0.3 is 0 Å². The van der Waals surface area contributed by atoms with Crippen LogP contribution >= 0.6 is 0 Å². The van der Waals surface area contributed by atoms with Gasteiger partial charge in [-0.05, 0) is 59.2 Å². The van der Waals surface area contributed by atoms with Gasteiger partial charge in [0.25, 0.3) is 0 Å². The highest BCUT2D eigenvalue weighted by atomic mass is 16.2. The van der Waals surface area contributed by atoms with Crippen molar-refractivity contribution in [1.29, 1.82) is 0 Å². The maximum atomic E-state index is 11.8. The summed E-state index contributed by atoms with van der Waals surface area (Å²) < 4.78 is 0. The van der Waals surface area contributed by atoms with E-state index in [0.29, 0.717) is 6.04 Å². The molecule has 0 radical (unpaired) electrons. The molecule has 19 heavy (non-hydrogen) atoms. The lowest BCUT2D eigenvalue weighted by Crippen LogP contribution is -2.45. The van der Waals surface area contributed by atoms with Gasteiger partial charge in [-0.1, -0.05) is 6.92 Å². The molecule has 0 aromatic heterocycles. The second-order valence-electron chi connectivity index (χ2n) is 6.31. The quantitative estimate of drug-likeness (QED) is 0.770. The number of carbonyl (C=O) groups is 1. The van der Waals surface area contributed by atoms with Crippen LogP contribution in [0.5, 0.6) is 0 Å². The number of likely N-dealkylation sites (tertiary alicyclic amines) is 1. The molecule has 1 unspecified atom stereocenters. The summed E-state index contributed by atoms with van der Waals surface area (Å²) in [5.74, 6) is 0.112. The minimum absolute atomic E-state index is 0.112. The molecule has 1 rings (SSSR count). The molecule has 0 spiro atoms. The van der Waals surface area contributed by atoms with E-state index in [0.717, 1.165) is 6.54 Å². The summed E-state index contributed by atoms with van der Waals surface area (Å²) in [7, 11) is 1.71. The number of nitrogens with zero attached hydrogens (tertiary/aromatic N) is 1. The number of rotatable bonds is 6. The molecule has 1 fully saturated rings. The van der Waals surface area contributed by atoms with Crippen LogP contribution in [0, 0.1) is 5.41 Å². The molecule has 1 aliphatic rings. The van der Waals surface area contributed by atoms with Gasteiger partial charge in [-0.15, -0.1) is 0 Å². The summed E-state index contributed by atoms with van der Waals surface area (Å²) in [5.41, 5.74) is -0.329. The Morgan fingerprint density at radius 2 is 2.05 bits per heavy atom. The van der Waals surface area contributed by atoms with Crippen LogP contribution in [0.3, 0.4) is 0 Å². The molecular weight excluding hydrogens is 238 g/mol. The topological polar surface area (TPSA) is 44.4 Å². The average molecular weight is 269 g/mol. The van der Waals surface area contributed by atoms with Gasteiger partial charge in [0.1, 0.15) is 0 Å². The third-order valence-corrected chi connectivity index (χ3v) is 4.03. The van der Waals surface area contributed by atoms with Gasteiger partial charge in [-0.3, -0.25) is 4.79 Å². The molecule has 0 bridgehead atoms. The lowest BCUT2D eigenvalue weighted by molar-refractivity contribution is -0.128. The largest absolute Gasteiger partial charge is 0.359 e. The van der Waals surface area contributed by atoms with E-state index in [-0.39, 0.29) is 11.3 Å². The highest BCUT2D eigenvalue weighted by Crippen LogP contribution is 2.16. The Kier molecular flexibility index (Phi) is 6.80. The lowest BCUT2D eigenvalue weighted by atomic mass is 9.91. The Bertz CT molecular complexity index is 279. The Morgan fingerprint density at radius 3 is 2.68 bits per heavy atom. The van der Waals surface area contributed by atoms with Gasteiger partial charge in [-0.25, -0.2) is 0 Å². The van der Waals surface area contributed by atoms with Gasteiger partial charge in [0.2, 0.25) is 5.91 Å². The molecule has 4 nitrogen and oxygen atoms in total. The summed E-state index contributed by atoms with van der Waals surface area (Å²) in [6, 6.07) is 0.561. The van der Waals surface area contributed by atoms with Crippen molar-refractivity contribution in [3.05, 3.63) is 0 Å². The van der Waals surface area contributed by atoms with E-state index in [9.17, 15) is 4.79 Å². The van der Waals surface area contributed by atoms with Crippen molar-refractivity contribution in [2.75, 3.05) is 33.2 Å². The lowest BCUT2D eigenvalue weighted by Gasteiger charge is -2.26. The number of hydrogen-bond acceptors (Lipinski definition) is 3. The van der Waals surface area contributed by atoms with Gasteiger partial charge < -0.3 is 15.5 Å². The molecular formula is C15H31N3O. The number of amides is 1. The van der Waals surface area contributed by atoms with Crippen molar-refractivity contribution >= 4 is 5.91 Å². The van der Waals surface area contributed by atoms with Crippen LogP contribution < -0.4 is 10.6 Å². The van der Waals surface area contributed by atoms with Crippen LogP contribution in [-0.2, 0) is 4.79 Å². The molecule has 1 aliphatic heterocycles. The van der Waals surface area contributed by atoms with Gasteiger partial charge in [0.15, 0.2) is 0 Å². The van der Waals surface area contributed by atoms with Gasteiger partial charge in [0, 0.05) is 19.6 Å². The van der Waals surface area contributed by atoms with E-state index >= 15 is 0 Å². The fourth-order valence-electron chi connectivity index (χ4n) is 2.72. The first kappa shape index (κ1) is 16.4. The second-order valence-corrected chi connectivity index (χ2v) is 6.31. The molecule has 0 saturated carbocycles. The first-order chi connectivity index (χ1) is 8.99. The average Bonchev–Trinajstić information content (AvgIpc) is 2.61. The Balaban J connectivity index is 2.35. The summed E-state index contributed by atoms with van der Waals surface area (Å²) in [4.78, 5) is 14.3. The molecule has 0 aromatic carbocycles. The van der Waals surface area contributed by atoms with Crippen molar-refractivity contribution in [2.45, 2.75) is 52.5 Å². The van der Waals surface area contributed by atoms with Crippen molar-refractivity contribution in [1.82, 2.24) is 15.5 Å². The van der Waals surface area contributed by atoms with E-state index < -0.39 is 0 Å². The predicted molar refractivity (Wildman–Crippen MR) is 80.2 cm³/mol. The Labute approximate surface area is 118 Å². The molecule has 1 saturated heterocycles. The van der Waals surface area contributed by atoms with E-state index in [4.69, 9.17) is 0 Å². The molecule has 0 aromatic rings. The molecule has 112 valence electrons. The van der Waals surface area contributed by atoms with E-state index in [1.54, 1.807) is 7.05 Å². The third-order valence-electron chi connectivity index (χ3n) is 4.03. The van der Waals surface area contributed by atoms with Crippen molar-refractivity contribution in [3.63, 3.8) is 0 Å². The predicted octanol–water partition coefficient (Wildman–Crippen LogP) is 1.61. The van der Waals surface area contributed by atoms with Crippen LogP contribution in [0.4, 0.5) is 0 Å². The fraction of sp³-hybridized carbons (Fsp3) is 0.933. The highest BCUT2D eigenvalue weighted by molar-refractivity contribution is 5.81. The summed E-state index contributed by atoms with van der Waals surface area (Å²) in [6.07, 6.45) is 4.92. The van der Waals surface area contributed by atoms with Crippen LogP contribution in [0.2, 0.25) is 0 Å². The molecule has 0 aliphatic carbocycles. The fourth-order valence-corrected chi connectivity index (χ4v) is 2.72. The Hall–Kier alpha value is -0.610. The molecule has 1 amide bonds. The molecule has 4 heteroatoms. The number of hydrogen-bond donors (Lipinski definition) is 2. The zero-order valence-corrected chi connectivity index (χ0v) is 13.1. The van der Waals surface area contributed by atoms with E-state index in [2.05, 4.69) is 22.5 Å². The smallest absolute Gasteiger partial charge is 0.226 e. The van der Waals surface area contributed by atoms with Crippen LogP contribution in [-0.4, -0.2) is 50.1 Å². The molecule has 2 N–H and O–H groups in total. The zero-order valence-electron chi connectivity index (χ0n) is 13.1. The van der Waals surface area contributed by atoms with Crippen molar-refractivity contribution < 1.29 is 4.79 Å². The minimum atomic E-state index is -0.329. The zero-order chi connectivity index (χ0) is 14.3. The first-order valence-corrected chi connectivity index (χ1v) is 7.67. The maximum Gasteiger partial charge on any atom is 0.226 e. The number of carbonyl (C=O) groups excluding carboxylic acids is 1. The standard InChI is InChI=1S/C15H31N3O/c1-5-9-18-10-6-7-13(8-11-18)17-12-15(2,3)14(19)16-4/h13,17H,5-12H2,1-4H3,(H,16,19). The number of nitrogens with one attached hydrogen (secondary N) is 2. The highest BCUT2D eigenvalue weighted by Gasteiger charge is 2.27. The summed E-state index contributed by atoms with van der Waals surface area (Å²) in [6.45, 7) is 10.6. The van der Waals surface area contributed by atoms with Crippen molar-refractivity contribution in [2.24, 2.45) is 5.41 Å². The van der Waals surface area contributed by atoms with Crippen LogP contribution in [0.25, 0.3) is 0 Å². The van der Waals surface area contributed by atoms with Gasteiger partial charge in [-0.2, -0.15) is 0 Å². The third kappa shape index (κ3) is 5.49. The molecule has 1 heterocycles. The minimum Gasteiger partial charge on any atom is -0.359 e. The van der Waals surface area contributed by atoms with Crippen molar-refractivity contribution in [3.8, 4) is 0 Å². The molecule has 1 atom stereocenters. The SMILES string of the molecule is CCCN1CCCC(NCC(C)(C)C(=O)NC)CC1. The second kappa shape index (κ2) is 7.85. The van der Waals surface area contributed by atoms with Gasteiger partial charge in [0.05, 0.1) is 5.41 Å². The van der Waals surface area contributed by atoms with E-state index in [1.165, 1.54) is 45.3 Å². The summed E-state index contributed by atoms with van der Waals surface area (Å²) in [5, 5.41) is 6.33. The van der Waals surface area contributed by atoms with Crippen LogP contribution in [0.1, 0.15) is 46.5 Å². The monoisotopic (exact) mass is 269 g/mol. The maximum absolute atomic E-state index is 11.8. The van der Waals surface area contributed by atoms with E-state index in [1.807, 2.05) is 13.8 Å². The van der Waals surface area contributed by atoms with Crippen LogP contribution in [0.15, 0.2) is 0 Å². The first-order valence-electron chi connectivity index (χ1n) is 7.67. The Morgan fingerprint density at radius 1 is 1.32 bits per heavy atom.